The third kappa shape index (κ3) is 3.45. The molecule has 3 atom stereocenters. The lowest BCUT2D eigenvalue weighted by Crippen LogP contribution is -2.22. The van der Waals surface area contributed by atoms with Gasteiger partial charge in [-0.3, -0.25) is 4.57 Å². The predicted octanol–water partition coefficient (Wildman–Crippen LogP) is 1.07. The molecule has 1 rings (SSSR count). The lowest BCUT2D eigenvalue weighted by Gasteiger charge is -2.19. The Kier molecular flexibility index (Phi) is 3.61. The molecule has 0 unspecified atom stereocenters. The summed E-state index contributed by atoms with van der Waals surface area (Å²) in [5.74, 6) is 0. The SMILES string of the molecule is B[C@H]1C[C@H](OP(C)(C)=O)[C@@H](CC)O1. The lowest BCUT2D eigenvalue weighted by atomic mass is 9.96. The Labute approximate surface area is 81.0 Å². The molecule has 0 bridgehead atoms. The standard InChI is InChI=1S/C8H18BO3P/c1-4-6-7(5-8(9)11-6)12-13(2,3)10/h6-8H,4-5,9H2,1-3H3/t6-,7+,8-/m1/s1. The minimum absolute atomic E-state index is 0.0285. The van der Waals surface area contributed by atoms with Crippen molar-refractivity contribution in [1.29, 1.82) is 0 Å². The Bertz CT molecular complexity index is 215. The van der Waals surface area contributed by atoms with Gasteiger partial charge in [-0.25, -0.2) is 0 Å². The Morgan fingerprint density at radius 2 is 2.23 bits per heavy atom. The van der Waals surface area contributed by atoms with Crippen LogP contribution < -0.4 is 0 Å². The highest BCUT2D eigenvalue weighted by atomic mass is 31.2. The molecule has 13 heavy (non-hydrogen) atoms. The van der Waals surface area contributed by atoms with Gasteiger partial charge in [0.2, 0.25) is 0 Å². The summed E-state index contributed by atoms with van der Waals surface area (Å²) in [4.78, 5) is 0. The molecule has 3 nitrogen and oxygen atoms in total. The summed E-state index contributed by atoms with van der Waals surface area (Å²) in [6.07, 6.45) is 1.95. The van der Waals surface area contributed by atoms with Crippen LogP contribution >= 0.6 is 7.37 Å². The third-order valence-electron chi connectivity index (χ3n) is 2.18. The summed E-state index contributed by atoms with van der Waals surface area (Å²) in [5, 5.41) is 0. The lowest BCUT2D eigenvalue weighted by molar-refractivity contribution is 0.0415. The molecule has 1 heterocycles. The van der Waals surface area contributed by atoms with E-state index in [2.05, 4.69) is 6.92 Å². The molecule has 0 aliphatic carbocycles. The molecule has 1 aliphatic heterocycles. The minimum Gasteiger partial charge on any atom is -0.381 e. The highest BCUT2D eigenvalue weighted by Crippen LogP contribution is 2.42. The van der Waals surface area contributed by atoms with Crippen LogP contribution in [0.25, 0.3) is 0 Å². The van der Waals surface area contributed by atoms with Gasteiger partial charge in [0.05, 0.1) is 12.2 Å². The van der Waals surface area contributed by atoms with Gasteiger partial charge in [-0.1, -0.05) is 6.92 Å². The van der Waals surface area contributed by atoms with Crippen molar-refractivity contribution >= 4 is 15.2 Å². The van der Waals surface area contributed by atoms with Crippen LogP contribution in [-0.2, 0) is 13.8 Å². The second-order valence-electron chi connectivity index (χ2n) is 4.03. The smallest absolute Gasteiger partial charge is 0.197 e. The monoisotopic (exact) mass is 204 g/mol. The van der Waals surface area contributed by atoms with Gasteiger partial charge in [-0.05, 0) is 12.8 Å². The van der Waals surface area contributed by atoms with Gasteiger partial charge in [0.1, 0.15) is 7.85 Å². The number of rotatable bonds is 3. The van der Waals surface area contributed by atoms with E-state index in [1.807, 2.05) is 7.85 Å². The molecule has 0 amide bonds. The Morgan fingerprint density at radius 3 is 2.69 bits per heavy atom. The van der Waals surface area contributed by atoms with E-state index in [0.717, 1.165) is 12.8 Å². The van der Waals surface area contributed by atoms with Gasteiger partial charge in [0, 0.05) is 19.3 Å². The van der Waals surface area contributed by atoms with Crippen LogP contribution in [0.2, 0.25) is 0 Å². The second-order valence-corrected chi connectivity index (χ2v) is 6.74. The van der Waals surface area contributed by atoms with E-state index >= 15 is 0 Å². The fourth-order valence-electron chi connectivity index (χ4n) is 1.72. The molecule has 0 radical (unpaired) electrons. The highest BCUT2D eigenvalue weighted by molar-refractivity contribution is 7.57. The average Bonchev–Trinajstić information content (AvgIpc) is 2.27. The maximum absolute atomic E-state index is 11.5. The first-order valence-corrected chi connectivity index (χ1v) is 7.33. The quantitative estimate of drug-likeness (QED) is 0.509. The van der Waals surface area contributed by atoms with E-state index in [1.165, 1.54) is 0 Å². The van der Waals surface area contributed by atoms with E-state index < -0.39 is 7.37 Å². The number of hydrogen-bond acceptors (Lipinski definition) is 3. The van der Waals surface area contributed by atoms with Gasteiger partial charge < -0.3 is 9.26 Å². The Balaban J connectivity index is 2.54. The molecular formula is C8H18BO3P. The molecule has 0 spiro atoms. The van der Waals surface area contributed by atoms with Crippen LogP contribution in [0.5, 0.6) is 0 Å². The first kappa shape index (κ1) is 11.3. The molecule has 1 aliphatic rings. The third-order valence-corrected chi connectivity index (χ3v) is 2.96. The van der Waals surface area contributed by atoms with E-state index in [4.69, 9.17) is 9.26 Å². The van der Waals surface area contributed by atoms with Gasteiger partial charge in [0.25, 0.3) is 0 Å². The second kappa shape index (κ2) is 4.16. The summed E-state index contributed by atoms with van der Waals surface area (Å²) in [6, 6.07) is 0.237. The summed E-state index contributed by atoms with van der Waals surface area (Å²) >= 11 is 0. The van der Waals surface area contributed by atoms with Gasteiger partial charge in [-0.2, -0.15) is 0 Å². The molecule has 1 fully saturated rings. The normalized spacial score (nSPS) is 35.2. The minimum atomic E-state index is -2.37. The Morgan fingerprint density at radius 1 is 1.62 bits per heavy atom. The first-order valence-electron chi connectivity index (χ1n) is 4.81. The van der Waals surface area contributed by atoms with Gasteiger partial charge >= 0.3 is 0 Å². The molecule has 0 N–H and O–H groups in total. The van der Waals surface area contributed by atoms with E-state index in [9.17, 15) is 4.57 Å². The number of hydrogen-bond donors (Lipinski definition) is 0. The summed E-state index contributed by atoms with van der Waals surface area (Å²) < 4.78 is 22.6. The predicted molar refractivity (Wildman–Crippen MR) is 56.4 cm³/mol. The van der Waals surface area contributed by atoms with Crippen molar-refractivity contribution in [2.75, 3.05) is 13.3 Å². The molecule has 0 aromatic heterocycles. The van der Waals surface area contributed by atoms with Crippen LogP contribution in [0.4, 0.5) is 0 Å². The average molecular weight is 204 g/mol. The van der Waals surface area contributed by atoms with Crippen LogP contribution in [-0.4, -0.2) is 39.4 Å². The van der Waals surface area contributed by atoms with Crippen molar-refractivity contribution in [2.24, 2.45) is 0 Å². The first-order chi connectivity index (χ1) is 5.92. The molecule has 5 heteroatoms. The highest BCUT2D eigenvalue weighted by Gasteiger charge is 2.34. The number of ether oxygens (including phenoxy) is 1. The van der Waals surface area contributed by atoms with Crippen molar-refractivity contribution in [2.45, 2.75) is 38.0 Å². The van der Waals surface area contributed by atoms with E-state index in [1.54, 1.807) is 13.3 Å². The van der Waals surface area contributed by atoms with Gasteiger partial charge in [0.15, 0.2) is 7.37 Å². The van der Waals surface area contributed by atoms with Crippen molar-refractivity contribution in [3.8, 4) is 0 Å². The Hall–Kier alpha value is 0.215. The van der Waals surface area contributed by atoms with Crippen LogP contribution in [0.3, 0.4) is 0 Å². The van der Waals surface area contributed by atoms with Crippen molar-refractivity contribution < 1.29 is 13.8 Å². The zero-order chi connectivity index (χ0) is 10.1. The van der Waals surface area contributed by atoms with Crippen LogP contribution in [0.15, 0.2) is 0 Å². The largest absolute Gasteiger partial charge is 0.381 e. The summed E-state index contributed by atoms with van der Waals surface area (Å²) in [7, 11) is -0.342. The van der Waals surface area contributed by atoms with Crippen molar-refractivity contribution in [1.82, 2.24) is 0 Å². The van der Waals surface area contributed by atoms with Crippen LogP contribution in [0, 0.1) is 0 Å². The van der Waals surface area contributed by atoms with Crippen molar-refractivity contribution in [3.05, 3.63) is 0 Å². The summed E-state index contributed by atoms with van der Waals surface area (Å²) in [6.45, 7) is 5.38. The maximum atomic E-state index is 11.5. The fraction of sp³-hybridized carbons (Fsp3) is 1.00. The molecular weight excluding hydrogens is 186 g/mol. The van der Waals surface area contributed by atoms with Crippen LogP contribution in [0.1, 0.15) is 19.8 Å². The topological polar surface area (TPSA) is 35.5 Å². The maximum Gasteiger partial charge on any atom is 0.197 e. The van der Waals surface area contributed by atoms with Gasteiger partial charge in [-0.15, -0.1) is 0 Å². The van der Waals surface area contributed by atoms with Crippen molar-refractivity contribution in [3.63, 3.8) is 0 Å². The molecule has 76 valence electrons. The fourth-order valence-corrected chi connectivity index (χ4v) is 2.59. The zero-order valence-electron chi connectivity index (χ0n) is 8.82. The zero-order valence-corrected chi connectivity index (χ0v) is 9.71. The van der Waals surface area contributed by atoms with E-state index in [0.29, 0.717) is 0 Å². The molecule has 0 aromatic carbocycles. The molecule has 0 aromatic rings. The molecule has 0 saturated carbocycles. The molecule has 1 saturated heterocycles. The van der Waals surface area contributed by atoms with E-state index in [-0.39, 0.29) is 18.2 Å². The summed E-state index contributed by atoms with van der Waals surface area (Å²) in [5.41, 5.74) is 0.